The summed E-state index contributed by atoms with van der Waals surface area (Å²) in [5, 5.41) is 6.05. The minimum absolute atomic E-state index is 0.0143. The van der Waals surface area contributed by atoms with E-state index in [1.807, 2.05) is 45.0 Å². The average molecular weight is 278 g/mol. The van der Waals surface area contributed by atoms with Gasteiger partial charge < -0.3 is 15.4 Å². The number of hydrogen-bond acceptors (Lipinski definition) is 3. The molecule has 0 unspecified atom stereocenters. The van der Waals surface area contributed by atoms with Gasteiger partial charge in [0, 0.05) is 12.1 Å². The standard InChI is InChI=1S/C16H26N2O2/c1-5-10-20-14-8-6-13(7-9-14)11-17-12-15(19)18-16(2,3)4/h6-9,17H,5,10-12H2,1-4H3,(H,18,19). The molecule has 112 valence electrons. The predicted molar refractivity (Wildman–Crippen MR) is 81.8 cm³/mol. The second-order valence-corrected chi connectivity index (χ2v) is 5.89. The summed E-state index contributed by atoms with van der Waals surface area (Å²) >= 11 is 0. The maximum absolute atomic E-state index is 11.6. The lowest BCUT2D eigenvalue weighted by atomic mass is 10.1. The molecule has 0 saturated heterocycles. The summed E-state index contributed by atoms with van der Waals surface area (Å²) in [6, 6.07) is 7.95. The molecule has 20 heavy (non-hydrogen) atoms. The molecule has 1 amide bonds. The van der Waals surface area contributed by atoms with Gasteiger partial charge in [-0.25, -0.2) is 0 Å². The number of amides is 1. The zero-order valence-electron chi connectivity index (χ0n) is 13.0. The molecule has 0 bridgehead atoms. The molecule has 0 aliphatic rings. The van der Waals surface area contributed by atoms with Crippen LogP contribution in [0, 0.1) is 0 Å². The van der Waals surface area contributed by atoms with Crippen LogP contribution in [-0.4, -0.2) is 24.6 Å². The Hall–Kier alpha value is -1.55. The van der Waals surface area contributed by atoms with E-state index >= 15 is 0 Å². The third-order valence-corrected chi connectivity index (χ3v) is 2.53. The summed E-state index contributed by atoms with van der Waals surface area (Å²) in [7, 11) is 0. The normalized spacial score (nSPS) is 11.2. The Morgan fingerprint density at radius 3 is 2.40 bits per heavy atom. The van der Waals surface area contributed by atoms with Gasteiger partial charge in [-0.2, -0.15) is 0 Å². The molecular weight excluding hydrogens is 252 g/mol. The van der Waals surface area contributed by atoms with Crippen molar-refractivity contribution in [3.63, 3.8) is 0 Å². The fourth-order valence-electron chi connectivity index (χ4n) is 1.71. The Kier molecular flexibility index (Phi) is 6.52. The van der Waals surface area contributed by atoms with Crippen LogP contribution >= 0.6 is 0 Å². The minimum atomic E-state index is -0.184. The van der Waals surface area contributed by atoms with Crippen molar-refractivity contribution in [2.75, 3.05) is 13.2 Å². The van der Waals surface area contributed by atoms with Crippen molar-refractivity contribution in [1.29, 1.82) is 0 Å². The van der Waals surface area contributed by atoms with Crippen LogP contribution < -0.4 is 15.4 Å². The van der Waals surface area contributed by atoms with Gasteiger partial charge in [0.15, 0.2) is 0 Å². The summed E-state index contributed by atoms with van der Waals surface area (Å²) in [6.07, 6.45) is 1.01. The first-order valence-electron chi connectivity index (χ1n) is 7.14. The number of rotatable bonds is 7. The molecule has 1 aromatic carbocycles. The zero-order chi connectivity index (χ0) is 15.0. The summed E-state index contributed by atoms with van der Waals surface area (Å²) in [5.41, 5.74) is 0.953. The largest absolute Gasteiger partial charge is 0.494 e. The second kappa shape index (κ2) is 7.90. The number of carbonyl (C=O) groups is 1. The van der Waals surface area contributed by atoms with Gasteiger partial charge >= 0.3 is 0 Å². The number of ether oxygens (including phenoxy) is 1. The SMILES string of the molecule is CCCOc1ccc(CNCC(=O)NC(C)(C)C)cc1. The van der Waals surface area contributed by atoms with Gasteiger partial charge in [-0.3, -0.25) is 4.79 Å². The third kappa shape index (κ3) is 7.14. The minimum Gasteiger partial charge on any atom is -0.494 e. The van der Waals surface area contributed by atoms with Crippen molar-refractivity contribution in [3.8, 4) is 5.75 Å². The van der Waals surface area contributed by atoms with E-state index in [0.29, 0.717) is 13.1 Å². The maximum atomic E-state index is 11.6. The van der Waals surface area contributed by atoms with Crippen molar-refractivity contribution < 1.29 is 9.53 Å². The molecular formula is C16H26N2O2. The molecule has 1 rings (SSSR count). The monoisotopic (exact) mass is 278 g/mol. The van der Waals surface area contributed by atoms with Crippen LogP contribution in [-0.2, 0) is 11.3 Å². The topological polar surface area (TPSA) is 50.4 Å². The summed E-state index contributed by atoms with van der Waals surface area (Å²) in [5.74, 6) is 0.904. The van der Waals surface area contributed by atoms with Gasteiger partial charge in [0.25, 0.3) is 0 Å². The number of benzene rings is 1. The van der Waals surface area contributed by atoms with Crippen molar-refractivity contribution in [2.45, 2.75) is 46.2 Å². The molecule has 0 saturated carbocycles. The van der Waals surface area contributed by atoms with Gasteiger partial charge in [0.1, 0.15) is 5.75 Å². The Morgan fingerprint density at radius 2 is 1.85 bits per heavy atom. The van der Waals surface area contributed by atoms with Gasteiger partial charge in [-0.1, -0.05) is 19.1 Å². The van der Waals surface area contributed by atoms with Crippen molar-refractivity contribution in [3.05, 3.63) is 29.8 Å². The molecule has 0 fully saturated rings. The smallest absolute Gasteiger partial charge is 0.234 e. The van der Waals surface area contributed by atoms with E-state index in [2.05, 4.69) is 17.6 Å². The molecule has 0 aliphatic carbocycles. The number of carbonyl (C=O) groups excluding carboxylic acids is 1. The van der Waals surface area contributed by atoms with Gasteiger partial charge in [-0.05, 0) is 44.9 Å². The van der Waals surface area contributed by atoms with E-state index in [1.54, 1.807) is 0 Å². The molecule has 1 aromatic rings. The highest BCUT2D eigenvalue weighted by molar-refractivity contribution is 5.78. The lowest BCUT2D eigenvalue weighted by Gasteiger charge is -2.20. The van der Waals surface area contributed by atoms with Crippen LogP contribution in [0.3, 0.4) is 0 Å². The van der Waals surface area contributed by atoms with Crippen LogP contribution in [0.1, 0.15) is 39.7 Å². The van der Waals surface area contributed by atoms with Crippen molar-refractivity contribution >= 4 is 5.91 Å². The highest BCUT2D eigenvalue weighted by Gasteiger charge is 2.12. The van der Waals surface area contributed by atoms with Crippen LogP contribution in [0.2, 0.25) is 0 Å². The molecule has 0 heterocycles. The molecule has 0 spiro atoms. The average Bonchev–Trinajstić information content (AvgIpc) is 2.35. The molecule has 0 aliphatic heterocycles. The number of hydrogen-bond donors (Lipinski definition) is 2. The third-order valence-electron chi connectivity index (χ3n) is 2.53. The highest BCUT2D eigenvalue weighted by atomic mass is 16.5. The van der Waals surface area contributed by atoms with Gasteiger partial charge in [0.2, 0.25) is 5.91 Å². The maximum Gasteiger partial charge on any atom is 0.234 e. The van der Waals surface area contributed by atoms with Crippen LogP contribution in [0.15, 0.2) is 24.3 Å². The van der Waals surface area contributed by atoms with E-state index in [1.165, 1.54) is 0 Å². The van der Waals surface area contributed by atoms with Crippen LogP contribution in [0.4, 0.5) is 0 Å². The van der Waals surface area contributed by atoms with Crippen LogP contribution in [0.5, 0.6) is 5.75 Å². The summed E-state index contributed by atoms with van der Waals surface area (Å²) in [6.45, 7) is 9.74. The molecule has 4 nitrogen and oxygen atoms in total. The number of nitrogens with one attached hydrogen (secondary N) is 2. The Balaban J connectivity index is 2.30. The fourth-order valence-corrected chi connectivity index (χ4v) is 1.71. The molecule has 0 aromatic heterocycles. The van der Waals surface area contributed by atoms with E-state index < -0.39 is 0 Å². The first-order valence-corrected chi connectivity index (χ1v) is 7.14. The zero-order valence-corrected chi connectivity index (χ0v) is 13.0. The molecule has 0 radical (unpaired) electrons. The molecule has 2 N–H and O–H groups in total. The fraction of sp³-hybridized carbons (Fsp3) is 0.562. The second-order valence-electron chi connectivity index (χ2n) is 5.89. The Bertz CT molecular complexity index is 407. The summed E-state index contributed by atoms with van der Waals surface area (Å²) < 4.78 is 5.52. The van der Waals surface area contributed by atoms with Crippen LogP contribution in [0.25, 0.3) is 0 Å². The Morgan fingerprint density at radius 1 is 1.20 bits per heavy atom. The van der Waals surface area contributed by atoms with E-state index in [9.17, 15) is 4.79 Å². The molecule has 4 heteroatoms. The quantitative estimate of drug-likeness (QED) is 0.805. The highest BCUT2D eigenvalue weighted by Crippen LogP contribution is 2.12. The van der Waals surface area contributed by atoms with Crippen molar-refractivity contribution in [1.82, 2.24) is 10.6 Å². The molecule has 0 atom stereocenters. The van der Waals surface area contributed by atoms with E-state index in [-0.39, 0.29) is 11.4 Å². The summed E-state index contributed by atoms with van der Waals surface area (Å²) in [4.78, 5) is 11.6. The van der Waals surface area contributed by atoms with Gasteiger partial charge in [-0.15, -0.1) is 0 Å². The van der Waals surface area contributed by atoms with E-state index in [4.69, 9.17) is 4.74 Å². The Labute approximate surface area is 121 Å². The van der Waals surface area contributed by atoms with Crippen molar-refractivity contribution in [2.24, 2.45) is 0 Å². The predicted octanol–water partition coefficient (Wildman–Crippen LogP) is 2.48. The van der Waals surface area contributed by atoms with E-state index in [0.717, 1.165) is 24.3 Å². The first-order chi connectivity index (χ1) is 9.40. The first kappa shape index (κ1) is 16.5. The van der Waals surface area contributed by atoms with Gasteiger partial charge in [0.05, 0.1) is 13.2 Å². The lowest BCUT2D eigenvalue weighted by Crippen LogP contribution is -2.44. The lowest BCUT2D eigenvalue weighted by molar-refractivity contribution is -0.121.